The lowest BCUT2D eigenvalue weighted by molar-refractivity contribution is -0.377. The fraction of sp³-hybridized carbons (Fsp3) is 0.348. The monoisotopic (exact) mass is 404 g/mol. The number of hydrogen-bond acceptors (Lipinski definition) is 6. The fourth-order valence-electron chi connectivity index (χ4n) is 4.40. The zero-order valence-electron chi connectivity index (χ0n) is 17.7. The Morgan fingerprint density at radius 3 is 2.47 bits per heavy atom. The van der Waals surface area contributed by atoms with Crippen LogP contribution in [0.25, 0.3) is 0 Å². The molecule has 2 aromatic rings. The molecule has 0 radical (unpaired) electrons. The van der Waals surface area contributed by atoms with Crippen LogP contribution in [0.3, 0.4) is 0 Å². The van der Waals surface area contributed by atoms with Gasteiger partial charge in [-0.05, 0) is 23.1 Å². The molecule has 1 aromatic carbocycles. The number of H-pyrrole nitrogens is 1. The molecule has 4 rings (SSSR count). The first kappa shape index (κ1) is 19.8. The van der Waals surface area contributed by atoms with Crippen LogP contribution >= 0.6 is 0 Å². The predicted molar refractivity (Wildman–Crippen MR) is 115 cm³/mol. The van der Waals surface area contributed by atoms with Crippen LogP contribution in [0.5, 0.6) is 5.88 Å². The maximum atomic E-state index is 13.3. The predicted octanol–water partition coefficient (Wildman–Crippen LogP) is 2.77. The Labute approximate surface area is 175 Å². The van der Waals surface area contributed by atoms with E-state index in [2.05, 4.69) is 24.9 Å². The molecular weight excluding hydrogens is 378 g/mol. The number of carbonyl (C=O) groups is 1. The average Bonchev–Trinajstić information content (AvgIpc) is 2.65. The Bertz CT molecular complexity index is 1120. The molecule has 154 valence electrons. The lowest BCUT2D eigenvalue weighted by Gasteiger charge is -2.37. The van der Waals surface area contributed by atoms with E-state index in [1.165, 1.54) is 0 Å². The van der Waals surface area contributed by atoms with Gasteiger partial charge >= 0.3 is 0 Å². The van der Waals surface area contributed by atoms with E-state index in [0.717, 1.165) is 11.3 Å². The Hall–Kier alpha value is -3.53. The highest BCUT2D eigenvalue weighted by molar-refractivity contribution is 6.00. The van der Waals surface area contributed by atoms with Crippen LogP contribution in [-0.2, 0) is 4.79 Å². The summed E-state index contributed by atoms with van der Waals surface area (Å²) in [6.45, 7) is 4.11. The number of ketones is 1. The van der Waals surface area contributed by atoms with Crippen molar-refractivity contribution in [3.8, 4) is 11.9 Å². The van der Waals surface area contributed by atoms with Gasteiger partial charge in [-0.2, -0.15) is 5.26 Å². The van der Waals surface area contributed by atoms with E-state index in [0.29, 0.717) is 35.6 Å². The first-order chi connectivity index (χ1) is 14.1. The number of nitrogens with zero attached hydrogens (tertiary/aromatic N) is 2. The van der Waals surface area contributed by atoms with Gasteiger partial charge in [0, 0.05) is 38.2 Å². The Morgan fingerprint density at radius 1 is 1.20 bits per heavy atom. The number of nitrogen functional groups attached to an aromatic ring is 2. The lowest BCUT2D eigenvalue weighted by Crippen LogP contribution is -2.35. The third kappa shape index (κ3) is 3.05. The molecule has 0 spiro atoms. The van der Waals surface area contributed by atoms with Crippen molar-refractivity contribution in [1.29, 1.82) is 5.26 Å². The highest BCUT2D eigenvalue weighted by Crippen LogP contribution is 2.51. The summed E-state index contributed by atoms with van der Waals surface area (Å²) in [6.07, 6.45) is 1.06. The van der Waals surface area contributed by atoms with Gasteiger partial charge in [0.2, 0.25) is 0 Å². The Kier molecular flexibility index (Phi) is 4.46. The molecule has 7 nitrogen and oxygen atoms in total. The Balaban J connectivity index is 1.98. The number of anilines is 3. The average molecular weight is 404 g/mol. The van der Waals surface area contributed by atoms with Crippen molar-refractivity contribution >= 4 is 23.0 Å². The van der Waals surface area contributed by atoms with Gasteiger partial charge in [0.1, 0.15) is 11.8 Å². The summed E-state index contributed by atoms with van der Waals surface area (Å²) in [7, 11) is 3.95. The quantitative estimate of drug-likeness (QED) is 0.794. The smallest absolute Gasteiger partial charge is 0.293 e. The number of benzene rings is 1. The van der Waals surface area contributed by atoms with Gasteiger partial charge in [0.05, 0.1) is 17.2 Å². The number of aromatic amines is 1. The van der Waals surface area contributed by atoms with Crippen molar-refractivity contribution in [1.82, 2.24) is 0 Å². The number of nitrogens with two attached hydrogens (primary N) is 2. The second-order valence-electron chi connectivity index (χ2n) is 8.98. The molecule has 7 heteroatoms. The number of nitriles is 1. The molecule has 0 saturated heterocycles. The number of aromatic nitrogens is 1. The van der Waals surface area contributed by atoms with Crippen molar-refractivity contribution in [2.45, 2.75) is 32.6 Å². The first-order valence-corrected chi connectivity index (χ1v) is 9.88. The molecule has 1 aromatic heterocycles. The molecule has 0 saturated carbocycles. The normalized spacial score (nSPS) is 19.4. The molecular formula is C23H26N5O2+. The van der Waals surface area contributed by atoms with E-state index < -0.39 is 5.92 Å². The number of carbonyl (C=O) groups excluding carboxylic acids is 1. The second-order valence-corrected chi connectivity index (χ2v) is 8.98. The van der Waals surface area contributed by atoms with Crippen LogP contribution in [0, 0.1) is 16.7 Å². The van der Waals surface area contributed by atoms with Gasteiger partial charge in [-0.3, -0.25) is 10.5 Å². The van der Waals surface area contributed by atoms with E-state index in [-0.39, 0.29) is 28.3 Å². The topological polar surface area (TPSA) is 120 Å². The summed E-state index contributed by atoms with van der Waals surface area (Å²) in [5.41, 5.74) is 15.8. The SMILES string of the molecule is CN(C)c1ccc([C@@H]2C3=C(CC(C)(C)CC3=O)Oc3[nH+]c(N)c(C#N)c(N)c32)cc1. The van der Waals surface area contributed by atoms with Gasteiger partial charge < -0.3 is 15.4 Å². The molecule has 0 bridgehead atoms. The number of fused-ring (bicyclic) bond motifs is 1. The van der Waals surface area contributed by atoms with Crippen LogP contribution in [0.4, 0.5) is 17.2 Å². The maximum absolute atomic E-state index is 13.3. The van der Waals surface area contributed by atoms with Crippen molar-refractivity contribution in [2.75, 3.05) is 30.5 Å². The first-order valence-electron chi connectivity index (χ1n) is 9.88. The number of hydrogen-bond donors (Lipinski definition) is 2. The van der Waals surface area contributed by atoms with Crippen molar-refractivity contribution in [3.63, 3.8) is 0 Å². The van der Waals surface area contributed by atoms with Crippen LogP contribution in [0.2, 0.25) is 0 Å². The van der Waals surface area contributed by atoms with Crippen LogP contribution in [0.1, 0.15) is 49.3 Å². The molecule has 1 atom stereocenters. The molecule has 1 aliphatic heterocycles. The van der Waals surface area contributed by atoms with E-state index in [1.54, 1.807) is 0 Å². The van der Waals surface area contributed by atoms with E-state index >= 15 is 0 Å². The van der Waals surface area contributed by atoms with Gasteiger partial charge in [-0.1, -0.05) is 26.0 Å². The van der Waals surface area contributed by atoms with Gasteiger partial charge in [0.25, 0.3) is 11.7 Å². The minimum absolute atomic E-state index is 0.0447. The fourth-order valence-corrected chi connectivity index (χ4v) is 4.40. The number of nitrogens with one attached hydrogen (secondary N) is 1. The Morgan fingerprint density at radius 2 is 1.87 bits per heavy atom. The molecule has 2 heterocycles. The van der Waals surface area contributed by atoms with Crippen LogP contribution in [-0.4, -0.2) is 19.9 Å². The largest absolute Gasteiger partial charge is 0.427 e. The van der Waals surface area contributed by atoms with Crippen molar-refractivity contribution in [3.05, 3.63) is 52.3 Å². The van der Waals surface area contributed by atoms with Gasteiger partial charge in [0.15, 0.2) is 11.3 Å². The number of allylic oxidation sites excluding steroid dienone is 2. The van der Waals surface area contributed by atoms with Gasteiger partial charge in [-0.25, -0.2) is 4.98 Å². The zero-order chi connectivity index (χ0) is 21.8. The zero-order valence-corrected chi connectivity index (χ0v) is 17.7. The lowest BCUT2D eigenvalue weighted by atomic mass is 9.70. The molecule has 5 N–H and O–H groups in total. The van der Waals surface area contributed by atoms with Crippen LogP contribution < -0.4 is 26.1 Å². The number of pyridine rings is 1. The van der Waals surface area contributed by atoms with Gasteiger partial charge in [-0.15, -0.1) is 0 Å². The molecule has 30 heavy (non-hydrogen) atoms. The second kappa shape index (κ2) is 6.77. The highest BCUT2D eigenvalue weighted by atomic mass is 16.5. The van der Waals surface area contributed by atoms with Crippen molar-refractivity contribution < 1.29 is 14.5 Å². The summed E-state index contributed by atoms with van der Waals surface area (Å²) in [4.78, 5) is 18.3. The summed E-state index contributed by atoms with van der Waals surface area (Å²) < 4.78 is 6.14. The molecule has 1 aliphatic carbocycles. The molecule has 0 unspecified atom stereocenters. The van der Waals surface area contributed by atoms with E-state index in [9.17, 15) is 10.1 Å². The number of Topliss-reactive ketones (excluding diaryl/α,β-unsaturated/α-hetero) is 1. The number of ether oxygens (including phenoxy) is 1. The maximum Gasteiger partial charge on any atom is 0.293 e. The third-order valence-electron chi connectivity index (χ3n) is 5.86. The summed E-state index contributed by atoms with van der Waals surface area (Å²) >= 11 is 0. The summed E-state index contributed by atoms with van der Waals surface area (Å²) in [5, 5.41) is 9.55. The summed E-state index contributed by atoms with van der Waals surface area (Å²) in [6, 6.07) is 10.1. The standard InChI is InChI=1S/C23H25N5O2/c1-23(2)9-15(29)18-16(10-23)30-22-19(20(25)14(11-24)21(26)27-22)17(18)12-5-7-13(8-6-12)28(3)4/h5-8,17H,9-10H2,1-4H3,(H4,25,26,27)/p+1/t17-/m1/s1. The van der Waals surface area contributed by atoms with Crippen molar-refractivity contribution in [2.24, 2.45) is 5.41 Å². The van der Waals surface area contributed by atoms with E-state index in [4.69, 9.17) is 16.2 Å². The minimum atomic E-state index is -0.424. The van der Waals surface area contributed by atoms with Crippen LogP contribution in [0.15, 0.2) is 35.6 Å². The molecule has 2 aliphatic rings. The highest BCUT2D eigenvalue weighted by Gasteiger charge is 2.45. The number of rotatable bonds is 2. The van der Waals surface area contributed by atoms with E-state index in [1.807, 2.05) is 43.3 Å². The molecule has 0 amide bonds. The summed E-state index contributed by atoms with van der Waals surface area (Å²) in [5.74, 6) is 0.817. The molecule has 0 fully saturated rings. The minimum Gasteiger partial charge on any atom is -0.427 e. The third-order valence-corrected chi connectivity index (χ3v) is 5.86.